The number of pyridine rings is 1. The molecule has 1 aromatic heterocycles. The number of ether oxygens (including phenoxy) is 1. The van der Waals surface area contributed by atoms with Crippen molar-refractivity contribution < 1.29 is 32.2 Å². The summed E-state index contributed by atoms with van der Waals surface area (Å²) in [6.07, 6.45) is -2.84. The van der Waals surface area contributed by atoms with Crippen molar-refractivity contribution in [1.82, 2.24) is 9.88 Å². The van der Waals surface area contributed by atoms with Crippen LogP contribution >= 0.6 is 11.6 Å². The first-order valence-electron chi connectivity index (χ1n) is 12.9. The van der Waals surface area contributed by atoms with Gasteiger partial charge in [-0.25, -0.2) is 4.39 Å². The van der Waals surface area contributed by atoms with Crippen molar-refractivity contribution in [3.8, 4) is 17.6 Å². The van der Waals surface area contributed by atoms with Gasteiger partial charge in [0.05, 0.1) is 29.8 Å². The molecule has 3 aromatic rings. The predicted octanol–water partition coefficient (Wildman–Crippen LogP) is 7.17. The Kier molecular flexibility index (Phi) is 9.54. The fourth-order valence-corrected chi connectivity index (χ4v) is 5.50. The number of rotatable bonds is 8. The third-order valence-corrected chi connectivity index (χ3v) is 7.66. The number of alkyl halides is 4. The zero-order valence-corrected chi connectivity index (χ0v) is 22.6. The Hall–Kier alpha value is -3.35. The highest BCUT2D eigenvalue weighted by Crippen LogP contribution is 2.37. The zero-order chi connectivity index (χ0) is 28.9. The lowest BCUT2D eigenvalue weighted by molar-refractivity contribution is -0.139. The minimum Gasteiger partial charge on any atom is -0.497 e. The van der Waals surface area contributed by atoms with Crippen LogP contribution in [0.2, 0.25) is 5.02 Å². The maximum Gasteiger partial charge on any atom is 0.417 e. The van der Waals surface area contributed by atoms with Crippen molar-refractivity contribution in [1.29, 1.82) is 0 Å². The monoisotopic (exact) mass is 576 g/mol. The van der Waals surface area contributed by atoms with Gasteiger partial charge in [-0.15, -0.1) is 0 Å². The third kappa shape index (κ3) is 7.43. The lowest BCUT2D eigenvalue weighted by atomic mass is 9.79. The molecule has 1 aliphatic rings. The lowest BCUT2D eigenvalue weighted by Gasteiger charge is -2.37. The number of aliphatic carboxylic acids is 1. The number of likely N-dealkylation sites (tertiary alicyclic amines) is 1. The number of aromatic nitrogens is 1. The minimum atomic E-state index is -4.57. The molecule has 0 bridgehead atoms. The van der Waals surface area contributed by atoms with Crippen molar-refractivity contribution in [3.63, 3.8) is 0 Å². The molecule has 1 aliphatic heterocycles. The van der Waals surface area contributed by atoms with Crippen molar-refractivity contribution >= 4 is 28.5 Å². The molecule has 5 nitrogen and oxygen atoms in total. The highest BCUT2D eigenvalue weighted by molar-refractivity contribution is 6.31. The summed E-state index contributed by atoms with van der Waals surface area (Å²) in [6, 6.07) is 10.5. The van der Waals surface area contributed by atoms with E-state index < -0.39 is 23.9 Å². The van der Waals surface area contributed by atoms with E-state index >= 15 is 4.39 Å². The van der Waals surface area contributed by atoms with Crippen LogP contribution in [0.15, 0.2) is 48.7 Å². The number of hydrogen-bond acceptors (Lipinski definition) is 4. The number of carboxylic acids is 1. The van der Waals surface area contributed by atoms with Crippen molar-refractivity contribution in [2.45, 2.75) is 38.0 Å². The van der Waals surface area contributed by atoms with E-state index in [9.17, 15) is 23.1 Å². The predicted molar refractivity (Wildman–Crippen MR) is 145 cm³/mol. The van der Waals surface area contributed by atoms with Crippen LogP contribution in [-0.4, -0.2) is 47.7 Å². The smallest absolute Gasteiger partial charge is 0.417 e. The Morgan fingerprint density at radius 3 is 2.75 bits per heavy atom. The maximum atomic E-state index is 15.5. The van der Waals surface area contributed by atoms with E-state index in [-0.39, 0.29) is 41.8 Å². The summed E-state index contributed by atoms with van der Waals surface area (Å²) in [5, 5.41) is 9.79. The summed E-state index contributed by atoms with van der Waals surface area (Å²) in [7, 11) is 1.55. The lowest BCUT2D eigenvalue weighted by Crippen LogP contribution is -2.41. The maximum absolute atomic E-state index is 15.5. The molecule has 0 aliphatic carbocycles. The van der Waals surface area contributed by atoms with Gasteiger partial charge < -0.3 is 9.84 Å². The number of hydrogen-bond donors (Lipinski definition) is 1. The van der Waals surface area contributed by atoms with E-state index in [0.29, 0.717) is 48.1 Å². The van der Waals surface area contributed by atoms with Gasteiger partial charge in [-0.3, -0.25) is 14.7 Å². The van der Waals surface area contributed by atoms with Crippen LogP contribution in [-0.2, 0) is 11.0 Å². The second-order valence-corrected chi connectivity index (χ2v) is 10.4. The van der Waals surface area contributed by atoms with Crippen molar-refractivity contribution in [2.75, 3.05) is 26.7 Å². The topological polar surface area (TPSA) is 62.7 Å². The molecule has 1 N–H and O–H groups in total. The Balaban J connectivity index is 1.39. The number of fused-ring (bicyclic) bond motifs is 1. The summed E-state index contributed by atoms with van der Waals surface area (Å²) in [4.78, 5) is 17.9. The SMILES string of the molecule is COc1ccc2nccc([C@@H](F)CC[C@@H]3CCN(CC#Cc4ccc(Cl)c(C(F)(F)F)c4)C[C@@H]3CC(=O)O)c2c1. The summed E-state index contributed by atoms with van der Waals surface area (Å²) in [5.74, 6) is 5.17. The summed E-state index contributed by atoms with van der Waals surface area (Å²) >= 11 is 5.67. The number of nitrogens with zero attached hydrogens (tertiary/aromatic N) is 2. The largest absolute Gasteiger partial charge is 0.497 e. The molecule has 3 atom stereocenters. The summed E-state index contributed by atoms with van der Waals surface area (Å²) < 4.78 is 60.1. The van der Waals surface area contributed by atoms with E-state index in [1.54, 1.807) is 37.6 Å². The van der Waals surface area contributed by atoms with Gasteiger partial charge in [-0.1, -0.05) is 23.4 Å². The Morgan fingerprint density at radius 1 is 1.23 bits per heavy atom. The van der Waals surface area contributed by atoms with Crippen molar-refractivity contribution in [2.24, 2.45) is 11.8 Å². The Bertz CT molecular complexity index is 1420. The average molecular weight is 577 g/mol. The number of carbonyl (C=O) groups is 1. The highest BCUT2D eigenvalue weighted by Gasteiger charge is 2.33. The zero-order valence-electron chi connectivity index (χ0n) is 21.8. The first-order chi connectivity index (χ1) is 19.0. The highest BCUT2D eigenvalue weighted by atomic mass is 35.5. The number of carboxylic acid groups (broad SMARTS) is 1. The Labute approximate surface area is 235 Å². The Morgan fingerprint density at radius 2 is 2.02 bits per heavy atom. The molecule has 1 fully saturated rings. The molecule has 0 unspecified atom stereocenters. The van der Waals surface area contributed by atoms with Crippen LogP contribution in [0, 0.1) is 23.7 Å². The molecule has 0 radical (unpaired) electrons. The van der Waals surface area contributed by atoms with E-state index in [1.165, 1.54) is 12.1 Å². The first kappa shape index (κ1) is 29.6. The molecule has 1 saturated heterocycles. The van der Waals surface area contributed by atoms with Gasteiger partial charge >= 0.3 is 12.1 Å². The average Bonchev–Trinajstić information content (AvgIpc) is 2.91. The van der Waals surface area contributed by atoms with Crippen LogP contribution in [0.3, 0.4) is 0 Å². The van der Waals surface area contributed by atoms with Crippen LogP contribution in [0.25, 0.3) is 10.9 Å². The van der Waals surface area contributed by atoms with E-state index in [4.69, 9.17) is 16.3 Å². The second kappa shape index (κ2) is 12.9. The first-order valence-corrected chi connectivity index (χ1v) is 13.3. The molecule has 4 rings (SSSR count). The van der Waals surface area contributed by atoms with Gasteiger partial charge in [0.1, 0.15) is 11.9 Å². The summed E-state index contributed by atoms with van der Waals surface area (Å²) in [6.45, 7) is 1.38. The number of piperidine rings is 1. The molecule has 212 valence electrons. The molecule has 0 spiro atoms. The molecule has 2 aromatic carbocycles. The molecule has 2 heterocycles. The molecule has 40 heavy (non-hydrogen) atoms. The van der Waals surface area contributed by atoms with E-state index in [0.717, 1.165) is 6.07 Å². The molecular formula is C30H29ClF4N2O3. The standard InChI is InChI=1S/C30H29ClF4N2O3/c1-40-22-6-9-28-24(17-22)23(10-12-36-28)27(32)8-5-20-11-14-37(18-21(20)16-29(38)39)13-2-3-19-4-7-26(31)25(15-19)30(33,34)35/h4,6-7,9-10,12,15,17,20-21,27H,5,8,11,13-14,16,18H2,1H3,(H,38,39)/t20-,21+,27+/m1/s1. The molecule has 0 saturated carbocycles. The van der Waals surface area contributed by atoms with E-state index in [1.807, 2.05) is 4.90 Å². The van der Waals surface area contributed by atoms with Gasteiger partial charge in [0.15, 0.2) is 0 Å². The van der Waals surface area contributed by atoms with Crippen LogP contribution < -0.4 is 4.74 Å². The molecule has 10 heteroatoms. The van der Waals surface area contributed by atoms with Gasteiger partial charge in [-0.05, 0) is 85.7 Å². The molecule has 0 amide bonds. The number of halogens is 5. The van der Waals surface area contributed by atoms with Crippen molar-refractivity contribution in [3.05, 3.63) is 70.4 Å². The normalized spacial score (nSPS) is 18.6. The summed E-state index contributed by atoms with van der Waals surface area (Å²) in [5.41, 5.74) is 0.465. The number of benzene rings is 2. The fraction of sp³-hybridized carbons (Fsp3) is 0.400. The van der Waals surface area contributed by atoms with Gasteiger partial charge in [0, 0.05) is 30.1 Å². The van der Waals surface area contributed by atoms with Crippen LogP contribution in [0.1, 0.15) is 48.5 Å². The second-order valence-electron chi connectivity index (χ2n) is 9.96. The van der Waals surface area contributed by atoms with Gasteiger partial charge in [0.25, 0.3) is 0 Å². The number of methoxy groups -OCH3 is 1. The molecular weight excluding hydrogens is 548 g/mol. The fourth-order valence-electron chi connectivity index (χ4n) is 5.27. The van der Waals surface area contributed by atoms with Crippen LogP contribution in [0.5, 0.6) is 5.75 Å². The van der Waals surface area contributed by atoms with E-state index in [2.05, 4.69) is 16.8 Å². The minimum absolute atomic E-state index is 0.0202. The van der Waals surface area contributed by atoms with Gasteiger partial charge in [-0.2, -0.15) is 13.2 Å². The van der Waals surface area contributed by atoms with Crippen LogP contribution in [0.4, 0.5) is 17.6 Å². The quantitative estimate of drug-likeness (QED) is 0.227. The third-order valence-electron chi connectivity index (χ3n) is 7.33. The van der Waals surface area contributed by atoms with Gasteiger partial charge in [0.2, 0.25) is 0 Å².